The van der Waals surface area contributed by atoms with Gasteiger partial charge in [0, 0.05) is 22.7 Å². The first-order valence-corrected chi connectivity index (χ1v) is 9.91. The van der Waals surface area contributed by atoms with Crippen molar-refractivity contribution in [1.29, 1.82) is 0 Å². The predicted octanol–water partition coefficient (Wildman–Crippen LogP) is 4.41. The number of fused-ring (bicyclic) bond motifs is 1. The molecule has 3 aromatic carbocycles. The monoisotopic (exact) mass is 425 g/mol. The number of carboxylic acids is 1. The Bertz CT molecular complexity index is 1450. The molecule has 158 valence electrons. The number of carboxylic acid groups (broad SMARTS) is 1. The van der Waals surface area contributed by atoms with Crippen LogP contribution in [0.5, 0.6) is 5.75 Å². The van der Waals surface area contributed by atoms with Crippen LogP contribution in [0.25, 0.3) is 22.1 Å². The minimum Gasteiger partial charge on any atom is -0.507 e. The molecule has 0 fully saturated rings. The molecule has 0 amide bonds. The van der Waals surface area contributed by atoms with Crippen LogP contribution in [-0.4, -0.2) is 16.2 Å². The summed E-state index contributed by atoms with van der Waals surface area (Å²) in [5.41, 5.74) is 8.66. The number of hydrogen-bond acceptors (Lipinski definition) is 5. The summed E-state index contributed by atoms with van der Waals surface area (Å²) in [6.45, 7) is 1.75. The van der Waals surface area contributed by atoms with E-state index < -0.39 is 17.2 Å². The first-order chi connectivity index (χ1) is 15.4. The molecule has 0 unspecified atom stereocenters. The van der Waals surface area contributed by atoms with Gasteiger partial charge in [0.2, 0.25) is 0 Å². The predicted molar refractivity (Wildman–Crippen MR) is 123 cm³/mol. The molecule has 0 saturated heterocycles. The number of aryl methyl sites for hydroxylation is 1. The fourth-order valence-electron chi connectivity index (χ4n) is 3.54. The quantitative estimate of drug-likeness (QED) is 0.255. The van der Waals surface area contributed by atoms with Crippen LogP contribution in [0, 0.1) is 11.8 Å². The number of rotatable bonds is 3. The van der Waals surface area contributed by atoms with E-state index in [1.807, 2.05) is 48.5 Å². The average Bonchev–Trinajstić information content (AvgIpc) is 2.77. The number of phenols is 1. The number of benzene rings is 3. The summed E-state index contributed by atoms with van der Waals surface area (Å²) >= 11 is 0. The molecule has 0 aliphatic carbocycles. The molecule has 0 bridgehead atoms. The summed E-state index contributed by atoms with van der Waals surface area (Å²) in [4.78, 5) is 23.6. The highest BCUT2D eigenvalue weighted by Gasteiger charge is 2.20. The SMILES string of the molecule is CCc1c(C(=O)O)c(=O)oc2cc(O)c(C#Cc3ccc(-c4ccc(N)cc4)cc3)cc12. The Morgan fingerprint density at radius 2 is 1.62 bits per heavy atom. The highest BCUT2D eigenvalue weighted by Crippen LogP contribution is 2.28. The lowest BCUT2D eigenvalue weighted by Gasteiger charge is -2.08. The van der Waals surface area contributed by atoms with Gasteiger partial charge >= 0.3 is 11.6 Å². The van der Waals surface area contributed by atoms with Crippen LogP contribution in [-0.2, 0) is 6.42 Å². The van der Waals surface area contributed by atoms with E-state index in [2.05, 4.69) is 11.8 Å². The van der Waals surface area contributed by atoms with Crippen molar-refractivity contribution in [3.63, 3.8) is 0 Å². The van der Waals surface area contributed by atoms with Crippen molar-refractivity contribution in [2.75, 3.05) is 5.73 Å². The van der Waals surface area contributed by atoms with Gasteiger partial charge in [0.15, 0.2) is 0 Å². The summed E-state index contributed by atoms with van der Waals surface area (Å²) < 4.78 is 5.11. The van der Waals surface area contributed by atoms with Gasteiger partial charge in [-0.05, 0) is 53.4 Å². The van der Waals surface area contributed by atoms with E-state index in [-0.39, 0.29) is 11.3 Å². The number of nitrogen functional groups attached to an aromatic ring is 1. The van der Waals surface area contributed by atoms with Crippen LogP contribution in [0.15, 0.2) is 69.9 Å². The molecule has 0 aliphatic rings. The van der Waals surface area contributed by atoms with Gasteiger partial charge in [0.05, 0.1) is 5.56 Å². The Hall–Kier alpha value is -4.50. The molecule has 1 heterocycles. The second kappa shape index (κ2) is 8.32. The largest absolute Gasteiger partial charge is 0.507 e. The molecule has 32 heavy (non-hydrogen) atoms. The first-order valence-electron chi connectivity index (χ1n) is 9.91. The maximum Gasteiger partial charge on any atom is 0.351 e. The highest BCUT2D eigenvalue weighted by atomic mass is 16.4. The van der Waals surface area contributed by atoms with E-state index in [1.165, 1.54) is 6.07 Å². The molecule has 1 aromatic heterocycles. The fraction of sp³-hybridized carbons (Fsp3) is 0.0769. The zero-order valence-corrected chi connectivity index (χ0v) is 17.2. The normalized spacial score (nSPS) is 10.5. The van der Waals surface area contributed by atoms with E-state index in [0.717, 1.165) is 16.7 Å². The molecule has 0 aliphatic heterocycles. The Labute approximate surface area is 183 Å². The third-order valence-corrected chi connectivity index (χ3v) is 5.17. The van der Waals surface area contributed by atoms with E-state index in [9.17, 15) is 19.8 Å². The average molecular weight is 425 g/mol. The molecule has 4 N–H and O–H groups in total. The van der Waals surface area contributed by atoms with Gasteiger partial charge in [-0.1, -0.05) is 43.0 Å². The van der Waals surface area contributed by atoms with Gasteiger partial charge in [0.1, 0.15) is 16.9 Å². The number of carbonyl (C=O) groups is 1. The first kappa shape index (κ1) is 20.8. The molecule has 6 nitrogen and oxygen atoms in total. The molecule has 0 radical (unpaired) electrons. The Morgan fingerprint density at radius 3 is 2.22 bits per heavy atom. The number of hydrogen-bond donors (Lipinski definition) is 3. The van der Waals surface area contributed by atoms with Crippen LogP contribution in [0.3, 0.4) is 0 Å². The topological polar surface area (TPSA) is 114 Å². The van der Waals surface area contributed by atoms with Crippen LogP contribution < -0.4 is 11.4 Å². The number of aromatic carboxylic acids is 1. The summed E-state index contributed by atoms with van der Waals surface area (Å²) in [6, 6.07) is 18.0. The van der Waals surface area contributed by atoms with E-state index in [4.69, 9.17) is 10.2 Å². The molecule has 4 rings (SSSR count). The maximum absolute atomic E-state index is 12.0. The third kappa shape index (κ3) is 3.92. The van der Waals surface area contributed by atoms with Gasteiger partial charge in [0.25, 0.3) is 0 Å². The van der Waals surface area contributed by atoms with Crippen molar-refractivity contribution >= 4 is 22.6 Å². The lowest BCUT2D eigenvalue weighted by Crippen LogP contribution is -2.17. The van der Waals surface area contributed by atoms with Crippen LogP contribution in [0.1, 0.15) is 34.0 Å². The smallest absolute Gasteiger partial charge is 0.351 e. The molecule has 0 saturated carbocycles. The number of anilines is 1. The molecular formula is C26H19NO5. The van der Waals surface area contributed by atoms with Crippen molar-refractivity contribution in [1.82, 2.24) is 0 Å². The Balaban J connectivity index is 1.73. The van der Waals surface area contributed by atoms with E-state index in [1.54, 1.807) is 13.0 Å². The van der Waals surface area contributed by atoms with E-state index in [0.29, 0.717) is 28.6 Å². The molecule has 4 aromatic rings. The van der Waals surface area contributed by atoms with Crippen molar-refractivity contribution < 1.29 is 19.4 Å². The van der Waals surface area contributed by atoms with Crippen LogP contribution in [0.4, 0.5) is 5.69 Å². The summed E-state index contributed by atoms with van der Waals surface area (Å²) in [7, 11) is 0. The second-order valence-electron chi connectivity index (χ2n) is 7.22. The van der Waals surface area contributed by atoms with Crippen molar-refractivity contribution in [2.24, 2.45) is 0 Å². The number of nitrogens with two attached hydrogens (primary N) is 1. The standard InChI is InChI=1S/C26H19NO5/c1-2-20-21-13-18(22(28)14-23(21)32-26(31)24(20)25(29)30)8-5-15-3-6-16(7-4-15)17-9-11-19(27)12-10-17/h3-4,6-7,9-14,28H,2,27H2,1H3,(H,29,30). The van der Waals surface area contributed by atoms with Gasteiger partial charge in [-0.15, -0.1) is 0 Å². The van der Waals surface area contributed by atoms with Crippen LogP contribution in [0.2, 0.25) is 0 Å². The Kier molecular flexibility index (Phi) is 5.40. The molecular weight excluding hydrogens is 406 g/mol. The minimum atomic E-state index is -1.35. The minimum absolute atomic E-state index is 0.118. The van der Waals surface area contributed by atoms with Crippen LogP contribution >= 0.6 is 0 Å². The number of phenolic OH excluding ortho intramolecular Hbond substituents is 1. The maximum atomic E-state index is 12.0. The van der Waals surface area contributed by atoms with Crippen molar-refractivity contribution in [2.45, 2.75) is 13.3 Å². The fourth-order valence-corrected chi connectivity index (χ4v) is 3.54. The number of aromatic hydroxyl groups is 1. The van der Waals surface area contributed by atoms with Crippen molar-refractivity contribution in [3.8, 4) is 28.7 Å². The highest BCUT2D eigenvalue weighted by molar-refractivity contribution is 5.96. The summed E-state index contributed by atoms with van der Waals surface area (Å²) in [5, 5.41) is 20.2. The third-order valence-electron chi connectivity index (χ3n) is 5.17. The lowest BCUT2D eigenvalue weighted by atomic mass is 10.00. The Morgan fingerprint density at radius 1 is 1.00 bits per heavy atom. The zero-order chi connectivity index (χ0) is 22.8. The second-order valence-corrected chi connectivity index (χ2v) is 7.22. The lowest BCUT2D eigenvalue weighted by molar-refractivity contribution is 0.0691. The van der Waals surface area contributed by atoms with Gasteiger partial charge < -0.3 is 20.4 Å². The molecule has 0 atom stereocenters. The molecule has 6 heteroatoms. The van der Waals surface area contributed by atoms with E-state index >= 15 is 0 Å². The van der Waals surface area contributed by atoms with Crippen molar-refractivity contribution in [3.05, 3.63) is 93.3 Å². The molecule has 0 spiro atoms. The van der Waals surface area contributed by atoms with Gasteiger partial charge in [-0.3, -0.25) is 0 Å². The van der Waals surface area contributed by atoms with Gasteiger partial charge in [-0.2, -0.15) is 0 Å². The summed E-state index contributed by atoms with van der Waals surface area (Å²) in [5.74, 6) is 4.42. The zero-order valence-electron chi connectivity index (χ0n) is 17.2. The van der Waals surface area contributed by atoms with Gasteiger partial charge in [-0.25, -0.2) is 9.59 Å². The summed E-state index contributed by atoms with van der Waals surface area (Å²) in [6.07, 6.45) is 0.313.